The molecule has 0 unspecified atom stereocenters. The first kappa shape index (κ1) is 16.2. The van der Waals surface area contributed by atoms with Gasteiger partial charge in [-0.1, -0.05) is 0 Å². The Morgan fingerprint density at radius 2 is 1.22 bits per heavy atom. The number of nitrogens with one attached hydrogen (secondary N) is 2. The number of nitrogens with two attached hydrogens (primary N) is 2. The van der Waals surface area contributed by atoms with E-state index in [4.69, 9.17) is 16.2 Å². The van der Waals surface area contributed by atoms with Crippen LogP contribution in [0.1, 0.15) is 13.8 Å². The Bertz CT molecular complexity index is 695. The fourth-order valence-electron chi connectivity index (χ4n) is 1.95. The van der Waals surface area contributed by atoms with Crippen LogP contribution in [0.15, 0.2) is 36.4 Å². The summed E-state index contributed by atoms with van der Waals surface area (Å²) in [4.78, 5) is 22.1. The molecule has 0 aliphatic rings. The number of benzene rings is 2. The zero-order valence-corrected chi connectivity index (χ0v) is 12.8. The van der Waals surface area contributed by atoms with Gasteiger partial charge in [0.2, 0.25) is 11.8 Å². The van der Waals surface area contributed by atoms with Gasteiger partial charge in [0.05, 0.1) is 22.7 Å². The van der Waals surface area contributed by atoms with Gasteiger partial charge in [0.15, 0.2) is 0 Å². The maximum atomic E-state index is 11.0. The molecule has 23 heavy (non-hydrogen) atoms. The number of hydrogen-bond donors (Lipinski definition) is 4. The van der Waals surface area contributed by atoms with Gasteiger partial charge in [0, 0.05) is 26.0 Å². The van der Waals surface area contributed by atoms with Gasteiger partial charge in [0.25, 0.3) is 0 Å². The van der Waals surface area contributed by atoms with E-state index in [1.165, 1.54) is 13.8 Å². The topological polar surface area (TPSA) is 119 Å². The molecule has 0 saturated heterocycles. The molecule has 0 fully saturated rings. The Kier molecular flexibility index (Phi) is 4.70. The number of amides is 2. The molecule has 7 nitrogen and oxygen atoms in total. The average molecular weight is 314 g/mol. The summed E-state index contributed by atoms with van der Waals surface area (Å²) in [6, 6.07) is 9.87. The smallest absolute Gasteiger partial charge is 0.221 e. The molecule has 0 bridgehead atoms. The van der Waals surface area contributed by atoms with E-state index in [0.717, 1.165) is 0 Å². The zero-order valence-electron chi connectivity index (χ0n) is 12.8. The average Bonchev–Trinajstić information content (AvgIpc) is 2.44. The summed E-state index contributed by atoms with van der Waals surface area (Å²) in [5.74, 6) is 0.602. The highest BCUT2D eigenvalue weighted by molar-refractivity contribution is 5.93. The highest BCUT2D eigenvalue weighted by atomic mass is 16.5. The lowest BCUT2D eigenvalue weighted by Gasteiger charge is -2.12. The standard InChI is InChI=1S/C16H18N4O3/c1-9(21)19-15-5-3-11(7-13(15)17)23-12-4-6-16(14(18)8-12)20-10(2)22/h3-8H,17-18H2,1-2H3,(H,19,21)(H,20,22). The molecular formula is C16H18N4O3. The maximum absolute atomic E-state index is 11.0. The van der Waals surface area contributed by atoms with Crippen molar-refractivity contribution in [2.24, 2.45) is 0 Å². The molecule has 0 aliphatic carbocycles. The third kappa shape index (κ3) is 4.37. The van der Waals surface area contributed by atoms with Crippen LogP contribution in [0, 0.1) is 0 Å². The van der Waals surface area contributed by atoms with Gasteiger partial charge in [0.1, 0.15) is 11.5 Å². The molecule has 6 N–H and O–H groups in total. The lowest BCUT2D eigenvalue weighted by molar-refractivity contribution is -0.115. The van der Waals surface area contributed by atoms with E-state index in [9.17, 15) is 9.59 Å². The van der Waals surface area contributed by atoms with Gasteiger partial charge >= 0.3 is 0 Å². The van der Waals surface area contributed by atoms with Gasteiger partial charge in [-0.2, -0.15) is 0 Å². The van der Waals surface area contributed by atoms with Crippen molar-refractivity contribution >= 4 is 34.6 Å². The number of ether oxygens (including phenoxy) is 1. The van der Waals surface area contributed by atoms with Crippen LogP contribution in [0.4, 0.5) is 22.7 Å². The Morgan fingerprint density at radius 3 is 1.52 bits per heavy atom. The van der Waals surface area contributed by atoms with Crippen LogP contribution in [0.2, 0.25) is 0 Å². The third-order valence-corrected chi connectivity index (χ3v) is 2.90. The van der Waals surface area contributed by atoms with E-state index in [0.29, 0.717) is 34.2 Å². The third-order valence-electron chi connectivity index (χ3n) is 2.90. The summed E-state index contributed by atoms with van der Waals surface area (Å²) in [6.07, 6.45) is 0. The predicted octanol–water partition coefficient (Wildman–Crippen LogP) is 2.56. The zero-order chi connectivity index (χ0) is 17.0. The lowest BCUT2D eigenvalue weighted by Crippen LogP contribution is -2.08. The molecule has 2 aromatic carbocycles. The number of carbonyl (C=O) groups excluding carboxylic acids is 2. The minimum absolute atomic E-state index is 0.202. The van der Waals surface area contributed by atoms with E-state index in [1.807, 2.05) is 0 Å². The van der Waals surface area contributed by atoms with Crippen LogP contribution in [0.3, 0.4) is 0 Å². The number of carbonyl (C=O) groups is 2. The minimum Gasteiger partial charge on any atom is -0.457 e. The van der Waals surface area contributed by atoms with Crippen molar-refractivity contribution in [3.63, 3.8) is 0 Å². The summed E-state index contributed by atoms with van der Waals surface area (Å²) < 4.78 is 5.67. The van der Waals surface area contributed by atoms with E-state index >= 15 is 0 Å². The summed E-state index contributed by atoms with van der Waals surface area (Å²) in [5.41, 5.74) is 13.5. The summed E-state index contributed by atoms with van der Waals surface area (Å²) in [6.45, 7) is 2.81. The number of rotatable bonds is 4. The molecule has 0 heterocycles. The first-order valence-electron chi connectivity index (χ1n) is 6.87. The van der Waals surface area contributed by atoms with Crippen LogP contribution in [0.5, 0.6) is 11.5 Å². The second kappa shape index (κ2) is 6.69. The van der Waals surface area contributed by atoms with E-state index < -0.39 is 0 Å². The molecule has 2 aromatic rings. The normalized spacial score (nSPS) is 10.0. The van der Waals surface area contributed by atoms with Crippen LogP contribution in [-0.2, 0) is 9.59 Å². The highest BCUT2D eigenvalue weighted by Crippen LogP contribution is 2.31. The molecule has 2 rings (SSSR count). The number of anilines is 4. The Balaban J connectivity index is 2.16. The SMILES string of the molecule is CC(=O)Nc1ccc(Oc2ccc(NC(C)=O)c(N)c2)cc1N. The van der Waals surface area contributed by atoms with Gasteiger partial charge < -0.3 is 26.8 Å². The van der Waals surface area contributed by atoms with Crippen molar-refractivity contribution in [2.45, 2.75) is 13.8 Å². The maximum Gasteiger partial charge on any atom is 0.221 e. The Hall–Kier alpha value is -3.22. The highest BCUT2D eigenvalue weighted by Gasteiger charge is 2.07. The van der Waals surface area contributed by atoms with Crippen molar-refractivity contribution < 1.29 is 14.3 Å². The summed E-state index contributed by atoms with van der Waals surface area (Å²) >= 11 is 0. The quantitative estimate of drug-likeness (QED) is 0.646. The van der Waals surface area contributed by atoms with Crippen LogP contribution < -0.4 is 26.8 Å². The second-order valence-electron chi connectivity index (χ2n) is 4.96. The van der Waals surface area contributed by atoms with Crippen molar-refractivity contribution in [1.29, 1.82) is 0 Å². The van der Waals surface area contributed by atoms with Gasteiger partial charge in [-0.25, -0.2) is 0 Å². The van der Waals surface area contributed by atoms with Gasteiger partial charge in [-0.3, -0.25) is 9.59 Å². The molecule has 0 saturated carbocycles. The van der Waals surface area contributed by atoms with E-state index in [2.05, 4.69) is 10.6 Å². The molecule has 2 amide bonds. The fourth-order valence-corrected chi connectivity index (χ4v) is 1.95. The van der Waals surface area contributed by atoms with Crippen LogP contribution >= 0.6 is 0 Å². The Labute approximate surface area is 133 Å². The number of nitrogen functional groups attached to an aromatic ring is 2. The monoisotopic (exact) mass is 314 g/mol. The van der Waals surface area contributed by atoms with Crippen LogP contribution in [0.25, 0.3) is 0 Å². The molecule has 0 radical (unpaired) electrons. The minimum atomic E-state index is -0.202. The van der Waals surface area contributed by atoms with Crippen molar-refractivity contribution in [3.8, 4) is 11.5 Å². The predicted molar refractivity (Wildman–Crippen MR) is 90.4 cm³/mol. The van der Waals surface area contributed by atoms with Crippen molar-refractivity contribution in [2.75, 3.05) is 22.1 Å². The largest absolute Gasteiger partial charge is 0.457 e. The lowest BCUT2D eigenvalue weighted by atomic mass is 10.2. The van der Waals surface area contributed by atoms with Crippen molar-refractivity contribution in [3.05, 3.63) is 36.4 Å². The number of hydrogen-bond acceptors (Lipinski definition) is 5. The van der Waals surface area contributed by atoms with E-state index in [-0.39, 0.29) is 11.8 Å². The fraction of sp³-hybridized carbons (Fsp3) is 0.125. The van der Waals surface area contributed by atoms with E-state index in [1.54, 1.807) is 36.4 Å². The van der Waals surface area contributed by atoms with Gasteiger partial charge in [-0.15, -0.1) is 0 Å². The molecule has 7 heteroatoms. The summed E-state index contributed by atoms with van der Waals surface area (Å²) in [5, 5.41) is 5.24. The molecule has 0 atom stereocenters. The molecule has 0 spiro atoms. The first-order chi connectivity index (χ1) is 10.8. The second-order valence-corrected chi connectivity index (χ2v) is 4.96. The Morgan fingerprint density at radius 1 is 0.826 bits per heavy atom. The summed E-state index contributed by atoms with van der Waals surface area (Å²) in [7, 11) is 0. The molecule has 0 aliphatic heterocycles. The molecular weight excluding hydrogens is 296 g/mol. The van der Waals surface area contributed by atoms with Crippen molar-refractivity contribution in [1.82, 2.24) is 0 Å². The van der Waals surface area contributed by atoms with Crippen LogP contribution in [-0.4, -0.2) is 11.8 Å². The molecule has 0 aromatic heterocycles. The first-order valence-corrected chi connectivity index (χ1v) is 6.87. The van der Waals surface area contributed by atoms with Gasteiger partial charge in [-0.05, 0) is 24.3 Å². The molecule has 120 valence electrons.